The quantitative estimate of drug-likeness (QED) is 0.392. The first-order valence-electron chi connectivity index (χ1n) is 10.6. The minimum absolute atomic E-state index is 0.0849. The Labute approximate surface area is 206 Å². The number of halogens is 1. The van der Waals surface area contributed by atoms with Crippen molar-refractivity contribution >= 4 is 52.5 Å². The Kier molecular flexibility index (Phi) is 9.82. The second-order valence-corrected chi connectivity index (χ2v) is 9.01. The number of rotatable bonds is 11. The lowest BCUT2D eigenvalue weighted by atomic mass is 10.0. The highest BCUT2D eigenvalue weighted by Crippen LogP contribution is 2.29. The van der Waals surface area contributed by atoms with E-state index in [0.717, 1.165) is 4.90 Å². The number of carbonyl (C=O) groups is 4. The summed E-state index contributed by atoms with van der Waals surface area (Å²) in [5.74, 6) is -2.54. The zero-order valence-electron chi connectivity index (χ0n) is 19.2. The number of nitrogen functional groups attached to an aromatic ring is 1. The molecule has 12 heteroatoms. The predicted octanol–water partition coefficient (Wildman–Crippen LogP) is 2.39. The summed E-state index contributed by atoms with van der Waals surface area (Å²) in [4.78, 5) is 51.8. The molecule has 1 atom stereocenters. The van der Waals surface area contributed by atoms with Gasteiger partial charge in [0.2, 0.25) is 5.91 Å². The minimum atomic E-state index is -1.21. The van der Waals surface area contributed by atoms with Crippen LogP contribution in [0.25, 0.3) is 0 Å². The number of esters is 1. The molecule has 1 heterocycles. The van der Waals surface area contributed by atoms with Crippen molar-refractivity contribution in [3.05, 3.63) is 45.4 Å². The van der Waals surface area contributed by atoms with Crippen molar-refractivity contribution in [2.45, 2.75) is 33.2 Å². The first-order valence-corrected chi connectivity index (χ1v) is 11.8. The van der Waals surface area contributed by atoms with Crippen LogP contribution in [-0.4, -0.2) is 52.7 Å². The monoisotopic (exact) mass is 509 g/mol. The molecule has 3 amide bonds. The van der Waals surface area contributed by atoms with Crippen LogP contribution >= 0.6 is 23.1 Å². The molecule has 0 unspecified atom stereocenters. The molecule has 0 aliphatic heterocycles. The van der Waals surface area contributed by atoms with Gasteiger partial charge in [-0.15, -0.1) is 0 Å². The summed E-state index contributed by atoms with van der Waals surface area (Å²) in [5.41, 5.74) is 11.2. The van der Waals surface area contributed by atoms with Crippen LogP contribution in [0.3, 0.4) is 0 Å². The predicted molar refractivity (Wildman–Crippen MR) is 129 cm³/mol. The third-order valence-electron chi connectivity index (χ3n) is 4.79. The van der Waals surface area contributed by atoms with Crippen molar-refractivity contribution < 1.29 is 23.9 Å². The molecule has 0 spiro atoms. The summed E-state index contributed by atoms with van der Waals surface area (Å²) in [5, 5.41) is 3.26. The maximum atomic E-state index is 13.6. The van der Waals surface area contributed by atoms with Crippen LogP contribution in [0.15, 0.2) is 24.3 Å². The zero-order chi connectivity index (χ0) is 25.4. The van der Waals surface area contributed by atoms with Gasteiger partial charge in [0.1, 0.15) is 17.5 Å². The maximum Gasteiger partial charge on any atom is 0.325 e. The van der Waals surface area contributed by atoms with Gasteiger partial charge >= 0.3 is 5.97 Å². The smallest absolute Gasteiger partial charge is 0.325 e. The molecule has 0 saturated heterocycles. The standard InChI is InChI=1S/C22H28ClN5O5S/c1-4-33-15(29)11-28(22(32)19-16(24)17(20(25)30)27-34-19)18(13-5-7-14(23)8-6-13)21(31)26-10-9-12(2)3/h5-8,12,18H,4,9-11,24H2,1-3H3,(H2,25,30)(H,26,31)/t18-/m1/s1. The van der Waals surface area contributed by atoms with Crippen LogP contribution in [-0.2, 0) is 14.3 Å². The summed E-state index contributed by atoms with van der Waals surface area (Å²) >= 11 is 6.67. The molecule has 5 N–H and O–H groups in total. The Balaban J connectivity index is 2.54. The van der Waals surface area contributed by atoms with Crippen molar-refractivity contribution in [1.29, 1.82) is 0 Å². The van der Waals surface area contributed by atoms with E-state index in [4.69, 9.17) is 27.8 Å². The number of carbonyl (C=O) groups excluding carboxylic acids is 4. The van der Waals surface area contributed by atoms with Gasteiger partial charge in [0, 0.05) is 11.6 Å². The molecule has 0 aliphatic carbocycles. The van der Waals surface area contributed by atoms with Crippen molar-refractivity contribution in [3.8, 4) is 0 Å². The summed E-state index contributed by atoms with van der Waals surface area (Å²) in [6.07, 6.45) is 0.717. The molecule has 34 heavy (non-hydrogen) atoms. The highest BCUT2D eigenvalue weighted by Gasteiger charge is 2.36. The van der Waals surface area contributed by atoms with Gasteiger partial charge in [0.15, 0.2) is 5.69 Å². The lowest BCUT2D eigenvalue weighted by molar-refractivity contribution is -0.144. The minimum Gasteiger partial charge on any atom is -0.465 e. The first-order chi connectivity index (χ1) is 16.1. The number of nitrogens with one attached hydrogen (secondary N) is 1. The van der Waals surface area contributed by atoms with Crippen LogP contribution in [0.2, 0.25) is 5.02 Å². The molecule has 0 aliphatic rings. The van der Waals surface area contributed by atoms with Gasteiger partial charge in [-0.25, -0.2) is 0 Å². The van der Waals surface area contributed by atoms with E-state index in [2.05, 4.69) is 9.69 Å². The number of nitrogens with two attached hydrogens (primary N) is 2. The Morgan fingerprint density at radius 2 is 1.85 bits per heavy atom. The van der Waals surface area contributed by atoms with Crippen molar-refractivity contribution in [3.63, 3.8) is 0 Å². The fraction of sp³-hybridized carbons (Fsp3) is 0.409. The second-order valence-electron chi connectivity index (χ2n) is 7.80. The molecule has 1 aromatic carbocycles. The van der Waals surface area contributed by atoms with Gasteiger partial charge in [-0.05, 0) is 48.5 Å². The fourth-order valence-electron chi connectivity index (χ4n) is 3.08. The van der Waals surface area contributed by atoms with E-state index in [-0.39, 0.29) is 22.9 Å². The van der Waals surface area contributed by atoms with E-state index in [1.54, 1.807) is 31.2 Å². The van der Waals surface area contributed by atoms with E-state index in [1.165, 1.54) is 0 Å². The van der Waals surface area contributed by atoms with E-state index in [0.29, 0.717) is 41.0 Å². The summed E-state index contributed by atoms with van der Waals surface area (Å²) in [7, 11) is 0. The van der Waals surface area contributed by atoms with Gasteiger partial charge in [-0.1, -0.05) is 37.6 Å². The number of anilines is 1. The Morgan fingerprint density at radius 1 is 1.21 bits per heavy atom. The van der Waals surface area contributed by atoms with Gasteiger partial charge < -0.3 is 26.4 Å². The molecule has 1 aromatic heterocycles. The molecule has 2 aromatic rings. The molecule has 184 valence electrons. The third kappa shape index (κ3) is 6.91. The Hall–Kier alpha value is -3.18. The molecule has 2 rings (SSSR count). The maximum absolute atomic E-state index is 13.6. The van der Waals surface area contributed by atoms with Crippen molar-refractivity contribution in [1.82, 2.24) is 14.6 Å². The number of ether oxygens (including phenoxy) is 1. The van der Waals surface area contributed by atoms with Crippen LogP contribution in [0.1, 0.15) is 59.0 Å². The molecule has 0 fully saturated rings. The third-order valence-corrected chi connectivity index (χ3v) is 5.89. The Bertz CT molecular complexity index is 1040. The fourth-order valence-corrected chi connectivity index (χ4v) is 3.97. The molecule has 0 radical (unpaired) electrons. The normalized spacial score (nSPS) is 11.7. The molecule has 0 saturated carbocycles. The molecule has 10 nitrogen and oxygen atoms in total. The highest BCUT2D eigenvalue weighted by molar-refractivity contribution is 7.09. The molecule has 0 bridgehead atoms. The van der Waals surface area contributed by atoms with Gasteiger partial charge in [0.05, 0.1) is 12.3 Å². The van der Waals surface area contributed by atoms with Crippen molar-refractivity contribution in [2.75, 3.05) is 25.4 Å². The number of nitrogens with zero attached hydrogens (tertiary/aromatic N) is 2. The lowest BCUT2D eigenvalue weighted by Crippen LogP contribution is -2.46. The number of benzene rings is 1. The topological polar surface area (TPSA) is 158 Å². The van der Waals surface area contributed by atoms with Crippen LogP contribution in [0, 0.1) is 5.92 Å². The first kappa shape index (κ1) is 27.1. The van der Waals surface area contributed by atoms with Gasteiger partial charge in [-0.2, -0.15) is 4.37 Å². The summed E-state index contributed by atoms with van der Waals surface area (Å²) in [6, 6.07) is 5.12. The van der Waals surface area contributed by atoms with E-state index < -0.39 is 36.3 Å². The molecular formula is C22H28ClN5O5S. The number of hydrogen-bond acceptors (Lipinski definition) is 8. The summed E-state index contributed by atoms with van der Waals surface area (Å²) in [6.45, 7) is 5.57. The summed E-state index contributed by atoms with van der Waals surface area (Å²) < 4.78 is 8.88. The van der Waals surface area contributed by atoms with Crippen molar-refractivity contribution in [2.24, 2.45) is 11.7 Å². The number of primary amides is 1. The average Bonchev–Trinajstić information content (AvgIpc) is 3.15. The van der Waals surface area contributed by atoms with Gasteiger partial charge in [0.25, 0.3) is 11.8 Å². The zero-order valence-corrected chi connectivity index (χ0v) is 20.7. The van der Waals surface area contributed by atoms with Gasteiger partial charge in [-0.3, -0.25) is 19.2 Å². The number of aromatic nitrogens is 1. The largest absolute Gasteiger partial charge is 0.465 e. The van der Waals surface area contributed by atoms with Crippen LogP contribution in [0.4, 0.5) is 5.69 Å². The SMILES string of the molecule is CCOC(=O)CN(C(=O)c1snc(C(N)=O)c1N)[C@@H](C(=O)NCCC(C)C)c1ccc(Cl)cc1. The van der Waals surface area contributed by atoms with Crippen LogP contribution in [0.5, 0.6) is 0 Å². The Morgan fingerprint density at radius 3 is 2.38 bits per heavy atom. The average molecular weight is 510 g/mol. The van der Waals surface area contributed by atoms with E-state index in [1.807, 2.05) is 13.8 Å². The van der Waals surface area contributed by atoms with Crippen LogP contribution < -0.4 is 16.8 Å². The highest BCUT2D eigenvalue weighted by atomic mass is 35.5. The van der Waals surface area contributed by atoms with E-state index >= 15 is 0 Å². The van der Waals surface area contributed by atoms with E-state index in [9.17, 15) is 19.2 Å². The molecular weight excluding hydrogens is 482 g/mol. The lowest BCUT2D eigenvalue weighted by Gasteiger charge is -2.30. The number of hydrogen-bond donors (Lipinski definition) is 3. The second kappa shape index (κ2) is 12.3. The number of amides is 3.